The zero-order chi connectivity index (χ0) is 63.7. The maximum Gasteiger partial charge on any atom is 0.0542 e. The average Bonchev–Trinajstić information content (AvgIpc) is 1.62. The fourth-order valence-electron chi connectivity index (χ4n) is 15.9. The van der Waals surface area contributed by atoms with Crippen LogP contribution < -0.4 is 4.90 Å². The predicted molar refractivity (Wildman–Crippen MR) is 410 cm³/mol. The van der Waals surface area contributed by atoms with Crippen molar-refractivity contribution in [1.82, 2.24) is 18.3 Å². The first-order valence-electron chi connectivity index (χ1n) is 33.4. The quantitative estimate of drug-likeness (QED) is 0.134. The number of para-hydroxylation sites is 6. The molecule has 0 aliphatic rings. The van der Waals surface area contributed by atoms with E-state index >= 15 is 0 Å². The Morgan fingerprint density at radius 2 is 0.464 bits per heavy atom. The first-order chi connectivity index (χ1) is 48.1. The van der Waals surface area contributed by atoms with E-state index in [0.29, 0.717) is 0 Å². The predicted octanol–water partition coefficient (Wildman–Crippen LogP) is 24.9. The molecule has 5 heteroatoms. The molecule has 0 aliphatic carbocycles. The van der Waals surface area contributed by atoms with E-state index in [9.17, 15) is 0 Å². The number of hydrogen-bond donors (Lipinski definition) is 0. The molecule has 0 saturated heterocycles. The van der Waals surface area contributed by atoms with Crippen LogP contribution in [0.15, 0.2) is 358 Å². The molecule has 5 nitrogen and oxygen atoms in total. The second kappa shape index (κ2) is 21.8. The molecule has 97 heavy (non-hydrogen) atoms. The van der Waals surface area contributed by atoms with Gasteiger partial charge >= 0.3 is 0 Å². The summed E-state index contributed by atoms with van der Waals surface area (Å²) in [7, 11) is 0. The fraction of sp³-hybridized carbons (Fsp3) is 0. The van der Waals surface area contributed by atoms with E-state index in [-0.39, 0.29) is 0 Å². The molecule has 20 aromatic rings. The highest BCUT2D eigenvalue weighted by Crippen LogP contribution is 2.46. The van der Waals surface area contributed by atoms with Crippen molar-refractivity contribution in [2.45, 2.75) is 0 Å². The third kappa shape index (κ3) is 8.65. The summed E-state index contributed by atoms with van der Waals surface area (Å²) in [4.78, 5) is 2.45. The lowest BCUT2D eigenvalue weighted by molar-refractivity contribution is 1.18. The van der Waals surface area contributed by atoms with Gasteiger partial charge in [0.25, 0.3) is 0 Å². The molecule has 0 N–H and O–H groups in total. The Balaban J connectivity index is 0.776. The standard InChI is InChI=1S/C92H59N5/c1-3-25-68(26-4-1)94-85-35-15-11-33-77(85)81-58-71(47-51-89(81)94)93(72-48-52-90-82(59-72)78-34-12-16-36-86(78)95(90)69-27-5-2-6-28-69)70-45-41-60(42-46-70)65-53-66(63-43-49-91-79(56-63)75-31-13-17-37-87(75)96(91)83-39-19-23-61-21-7-9-29-73(61)83)55-67(54-65)64-44-50-92-80(57-64)76-32-14-18-38-88(76)97(92)84-40-20-24-62-22-8-10-30-74(62)84/h1-59H. The molecular weight excluding hydrogens is 1180 g/mol. The molecular formula is C92H59N5. The first-order valence-corrected chi connectivity index (χ1v) is 33.4. The van der Waals surface area contributed by atoms with Crippen molar-refractivity contribution in [3.63, 3.8) is 0 Å². The van der Waals surface area contributed by atoms with Crippen molar-refractivity contribution in [3.8, 4) is 56.1 Å². The van der Waals surface area contributed by atoms with Gasteiger partial charge in [-0.3, -0.25) is 0 Å². The summed E-state index contributed by atoms with van der Waals surface area (Å²) >= 11 is 0. The van der Waals surface area contributed by atoms with Gasteiger partial charge in [-0.15, -0.1) is 0 Å². The van der Waals surface area contributed by atoms with Gasteiger partial charge in [0.1, 0.15) is 0 Å². The number of benzene rings is 16. The van der Waals surface area contributed by atoms with Crippen LogP contribution in [0.5, 0.6) is 0 Å². The molecule has 0 aliphatic heterocycles. The Kier molecular flexibility index (Phi) is 12.3. The molecule has 4 aromatic heterocycles. The molecule has 0 bridgehead atoms. The molecule has 4 heterocycles. The smallest absolute Gasteiger partial charge is 0.0542 e. The normalized spacial score (nSPS) is 11.9. The van der Waals surface area contributed by atoms with E-state index < -0.39 is 0 Å². The lowest BCUT2D eigenvalue weighted by Gasteiger charge is -2.26. The van der Waals surface area contributed by atoms with Crippen LogP contribution in [0.4, 0.5) is 17.1 Å². The second-order valence-electron chi connectivity index (χ2n) is 25.6. The average molecular weight is 1230 g/mol. The van der Waals surface area contributed by atoms with Crippen LogP contribution in [0.1, 0.15) is 0 Å². The minimum atomic E-state index is 1.05. The van der Waals surface area contributed by atoms with E-state index in [1.54, 1.807) is 0 Å². The maximum absolute atomic E-state index is 2.45. The molecule has 0 unspecified atom stereocenters. The number of rotatable bonds is 10. The number of anilines is 3. The molecule has 452 valence electrons. The Bertz CT molecular complexity index is 6180. The SMILES string of the molecule is c1ccc(-n2c3ccccc3c3cc(N(c4ccc(-c5cc(-c6ccc7c(c6)c6ccccc6n7-c6cccc7ccccc67)cc(-c6ccc7c(c6)c6ccccc6n7-c6cccc7ccccc67)c5)cc4)c4ccc5c(c4)c4ccccc4n5-c4ccccc4)ccc32)cc1. The van der Waals surface area contributed by atoms with Crippen LogP contribution in [0.3, 0.4) is 0 Å². The van der Waals surface area contributed by atoms with Gasteiger partial charge in [-0.05, 0) is 196 Å². The number of fused-ring (bicyclic) bond motifs is 14. The van der Waals surface area contributed by atoms with E-state index in [4.69, 9.17) is 0 Å². The second-order valence-corrected chi connectivity index (χ2v) is 25.6. The van der Waals surface area contributed by atoms with Crippen molar-refractivity contribution >= 4 is 126 Å². The van der Waals surface area contributed by atoms with Crippen LogP contribution in [-0.4, -0.2) is 18.3 Å². The van der Waals surface area contributed by atoms with Crippen molar-refractivity contribution < 1.29 is 0 Å². The Morgan fingerprint density at radius 1 is 0.165 bits per heavy atom. The molecule has 0 fully saturated rings. The van der Waals surface area contributed by atoms with Gasteiger partial charge in [0, 0.05) is 82.3 Å². The van der Waals surface area contributed by atoms with Crippen molar-refractivity contribution in [3.05, 3.63) is 358 Å². The Hall–Kier alpha value is -13.0. The Labute approximate surface area is 559 Å². The molecule has 0 radical (unpaired) electrons. The molecule has 0 spiro atoms. The summed E-state index contributed by atoms with van der Waals surface area (Å²) in [6, 6.07) is 132. The zero-order valence-electron chi connectivity index (χ0n) is 52.8. The summed E-state index contributed by atoms with van der Waals surface area (Å²) in [5.74, 6) is 0. The van der Waals surface area contributed by atoms with E-state index in [1.807, 2.05) is 0 Å². The molecule has 0 amide bonds. The Morgan fingerprint density at radius 3 is 0.897 bits per heavy atom. The zero-order valence-corrected chi connectivity index (χ0v) is 52.8. The van der Waals surface area contributed by atoms with Crippen LogP contribution in [0.2, 0.25) is 0 Å². The number of aromatic nitrogens is 4. The summed E-state index contributed by atoms with van der Waals surface area (Å²) in [5.41, 5.74) is 24.1. The minimum absolute atomic E-state index is 1.05. The summed E-state index contributed by atoms with van der Waals surface area (Å²) in [6.07, 6.45) is 0. The highest BCUT2D eigenvalue weighted by atomic mass is 15.1. The van der Waals surface area contributed by atoms with E-state index in [2.05, 4.69) is 381 Å². The van der Waals surface area contributed by atoms with Crippen molar-refractivity contribution in [2.24, 2.45) is 0 Å². The largest absolute Gasteiger partial charge is 0.310 e. The van der Waals surface area contributed by atoms with Gasteiger partial charge in [-0.2, -0.15) is 0 Å². The van der Waals surface area contributed by atoms with Gasteiger partial charge in [0.05, 0.1) is 55.5 Å². The molecule has 0 atom stereocenters. The van der Waals surface area contributed by atoms with Gasteiger partial charge < -0.3 is 23.2 Å². The summed E-state index contributed by atoms with van der Waals surface area (Å²) < 4.78 is 9.70. The first kappa shape index (κ1) is 54.6. The number of nitrogens with zero attached hydrogens (tertiary/aromatic N) is 5. The van der Waals surface area contributed by atoms with Crippen molar-refractivity contribution in [1.29, 1.82) is 0 Å². The van der Waals surface area contributed by atoms with Gasteiger partial charge in [-0.25, -0.2) is 0 Å². The lowest BCUT2D eigenvalue weighted by Crippen LogP contribution is -2.10. The van der Waals surface area contributed by atoms with Gasteiger partial charge in [0.2, 0.25) is 0 Å². The monoisotopic (exact) mass is 1230 g/mol. The van der Waals surface area contributed by atoms with Gasteiger partial charge in [-0.1, -0.05) is 206 Å². The number of hydrogen-bond acceptors (Lipinski definition) is 1. The highest BCUT2D eigenvalue weighted by Gasteiger charge is 2.23. The van der Waals surface area contributed by atoms with E-state index in [1.165, 1.54) is 109 Å². The van der Waals surface area contributed by atoms with Crippen LogP contribution in [-0.2, 0) is 0 Å². The third-order valence-corrected chi connectivity index (χ3v) is 20.3. The fourth-order valence-corrected chi connectivity index (χ4v) is 15.9. The summed E-state index contributed by atoms with van der Waals surface area (Å²) in [6.45, 7) is 0. The highest BCUT2D eigenvalue weighted by molar-refractivity contribution is 6.16. The van der Waals surface area contributed by atoms with Crippen molar-refractivity contribution in [2.75, 3.05) is 4.90 Å². The van der Waals surface area contributed by atoms with Crippen LogP contribution in [0, 0.1) is 0 Å². The third-order valence-electron chi connectivity index (χ3n) is 20.3. The van der Waals surface area contributed by atoms with Crippen LogP contribution >= 0.6 is 0 Å². The summed E-state index contributed by atoms with van der Waals surface area (Å²) in [5, 5.41) is 14.6. The maximum atomic E-state index is 2.45. The molecule has 16 aromatic carbocycles. The molecule has 0 saturated carbocycles. The van der Waals surface area contributed by atoms with Crippen LogP contribution in [0.25, 0.3) is 165 Å². The molecule has 20 rings (SSSR count). The topological polar surface area (TPSA) is 23.0 Å². The van der Waals surface area contributed by atoms with Gasteiger partial charge in [0.15, 0.2) is 0 Å². The van der Waals surface area contributed by atoms with E-state index in [0.717, 1.165) is 72.9 Å². The lowest BCUT2D eigenvalue weighted by atomic mass is 9.92. The minimum Gasteiger partial charge on any atom is -0.310 e.